The van der Waals surface area contributed by atoms with Crippen molar-refractivity contribution >= 4 is 17.6 Å². The van der Waals surface area contributed by atoms with Gasteiger partial charge in [-0.05, 0) is 0 Å². The van der Waals surface area contributed by atoms with Gasteiger partial charge in [-0.25, -0.2) is 9.97 Å². The van der Waals surface area contributed by atoms with Crippen LogP contribution in [0.15, 0.2) is 23.4 Å². The summed E-state index contributed by atoms with van der Waals surface area (Å²) < 4.78 is 1.71. The molecule has 5 heteroatoms. The first-order chi connectivity index (χ1) is 5.90. The molecule has 0 unspecified atom stereocenters. The highest BCUT2D eigenvalue weighted by Crippen LogP contribution is 2.07. The highest BCUT2D eigenvalue weighted by Gasteiger charge is 1.99. The zero-order valence-corrected chi connectivity index (χ0v) is 6.86. The average molecular weight is 179 g/mol. The molecule has 0 saturated heterocycles. The fourth-order valence-corrected chi connectivity index (χ4v) is 1.39. The van der Waals surface area contributed by atoms with E-state index < -0.39 is 0 Å². The predicted octanol–water partition coefficient (Wildman–Crippen LogP) is 1.14. The molecule has 60 valence electrons. The molecule has 0 radical (unpaired) electrons. The summed E-state index contributed by atoms with van der Waals surface area (Å²) in [7, 11) is 0. The van der Waals surface area contributed by atoms with Crippen molar-refractivity contribution in [3.8, 4) is 5.82 Å². The molecule has 12 heavy (non-hydrogen) atoms. The average Bonchev–Trinajstić information content (AvgIpc) is 2.75. The van der Waals surface area contributed by atoms with Gasteiger partial charge in [0.2, 0.25) is 0 Å². The van der Waals surface area contributed by atoms with Gasteiger partial charge in [-0.15, -0.1) is 11.3 Å². The van der Waals surface area contributed by atoms with Gasteiger partial charge in [0, 0.05) is 11.6 Å². The minimum atomic E-state index is 0.419. The fraction of sp³-hybridized carbons (Fsp3) is 0. The first-order valence-electron chi connectivity index (χ1n) is 3.28. The molecule has 2 aromatic heterocycles. The molecule has 4 nitrogen and oxygen atoms in total. The van der Waals surface area contributed by atoms with Gasteiger partial charge in [0.1, 0.15) is 17.8 Å². The van der Waals surface area contributed by atoms with Crippen LogP contribution < -0.4 is 0 Å². The maximum Gasteiger partial charge on any atom is 0.170 e. The Kier molecular flexibility index (Phi) is 1.71. The molecule has 0 atom stereocenters. The predicted molar refractivity (Wildman–Crippen MR) is 44.6 cm³/mol. The Balaban J connectivity index is 2.41. The highest BCUT2D eigenvalue weighted by molar-refractivity contribution is 7.07. The normalized spacial score (nSPS) is 10.0. The standard InChI is InChI=1S/C7H5N3OS/c11-2-6-1-10(4-8-6)7-3-12-5-9-7/h1-5H. The molecule has 0 aliphatic rings. The monoisotopic (exact) mass is 179 g/mol. The molecule has 0 bridgehead atoms. The first kappa shape index (κ1) is 7.17. The number of rotatable bonds is 2. The summed E-state index contributed by atoms with van der Waals surface area (Å²) in [5, 5.41) is 1.89. The second-order valence-electron chi connectivity index (χ2n) is 2.17. The summed E-state index contributed by atoms with van der Waals surface area (Å²) in [5.74, 6) is 0.792. The lowest BCUT2D eigenvalue weighted by Crippen LogP contribution is -1.88. The number of carbonyl (C=O) groups excluding carboxylic acids is 1. The van der Waals surface area contributed by atoms with Crippen LogP contribution in [-0.2, 0) is 0 Å². The van der Waals surface area contributed by atoms with Gasteiger partial charge in [-0.2, -0.15) is 0 Å². The van der Waals surface area contributed by atoms with E-state index in [9.17, 15) is 4.79 Å². The quantitative estimate of drug-likeness (QED) is 0.649. The van der Waals surface area contributed by atoms with E-state index in [-0.39, 0.29) is 0 Å². The van der Waals surface area contributed by atoms with E-state index in [4.69, 9.17) is 0 Å². The zero-order valence-electron chi connectivity index (χ0n) is 6.04. The van der Waals surface area contributed by atoms with E-state index >= 15 is 0 Å². The van der Waals surface area contributed by atoms with Crippen molar-refractivity contribution in [1.29, 1.82) is 0 Å². The Labute approximate surface area is 72.5 Å². The molecule has 0 spiro atoms. The molecule has 0 aliphatic heterocycles. The van der Waals surface area contributed by atoms with E-state index in [2.05, 4.69) is 9.97 Å². The number of hydrogen-bond donors (Lipinski definition) is 0. The van der Waals surface area contributed by atoms with Crippen LogP contribution >= 0.6 is 11.3 Å². The smallest absolute Gasteiger partial charge is 0.170 e. The molecule has 0 fully saturated rings. The van der Waals surface area contributed by atoms with E-state index in [1.165, 1.54) is 11.3 Å². The van der Waals surface area contributed by atoms with Gasteiger partial charge >= 0.3 is 0 Å². The van der Waals surface area contributed by atoms with E-state index in [0.29, 0.717) is 12.0 Å². The van der Waals surface area contributed by atoms with Crippen molar-refractivity contribution in [1.82, 2.24) is 14.5 Å². The summed E-state index contributed by atoms with van der Waals surface area (Å²) in [6, 6.07) is 0. The molecule has 0 saturated carbocycles. The Morgan fingerprint density at radius 2 is 2.42 bits per heavy atom. The molecule has 0 aromatic carbocycles. The number of aromatic nitrogens is 3. The lowest BCUT2D eigenvalue weighted by Gasteiger charge is -1.91. The minimum absolute atomic E-state index is 0.419. The van der Waals surface area contributed by atoms with Crippen LogP contribution in [0.5, 0.6) is 0 Å². The SMILES string of the molecule is O=Cc1cn(-c2cscn2)cn1. The third-order valence-corrected chi connectivity index (χ3v) is 1.98. The van der Waals surface area contributed by atoms with E-state index in [1.54, 1.807) is 22.6 Å². The maximum absolute atomic E-state index is 10.3. The van der Waals surface area contributed by atoms with Gasteiger partial charge < -0.3 is 0 Å². The number of imidazole rings is 1. The van der Waals surface area contributed by atoms with Crippen molar-refractivity contribution in [2.75, 3.05) is 0 Å². The number of thiazole rings is 1. The lowest BCUT2D eigenvalue weighted by molar-refractivity contribution is 0.111. The fourth-order valence-electron chi connectivity index (χ4n) is 0.858. The number of aldehydes is 1. The van der Waals surface area contributed by atoms with Gasteiger partial charge in [0.05, 0.1) is 5.51 Å². The molecular formula is C7H5N3OS. The second-order valence-corrected chi connectivity index (χ2v) is 2.89. The van der Waals surface area contributed by atoms with Crippen molar-refractivity contribution in [3.63, 3.8) is 0 Å². The maximum atomic E-state index is 10.3. The first-order valence-corrected chi connectivity index (χ1v) is 4.22. The van der Waals surface area contributed by atoms with Crippen molar-refractivity contribution in [2.45, 2.75) is 0 Å². The van der Waals surface area contributed by atoms with Gasteiger partial charge in [-0.3, -0.25) is 9.36 Å². The molecule has 2 heterocycles. The summed E-state index contributed by atoms with van der Waals surface area (Å²) in [4.78, 5) is 18.2. The largest absolute Gasteiger partial charge is 0.296 e. The lowest BCUT2D eigenvalue weighted by atomic mass is 10.5. The van der Waals surface area contributed by atoms with Gasteiger partial charge in [0.15, 0.2) is 6.29 Å². The highest BCUT2D eigenvalue weighted by atomic mass is 32.1. The molecule has 0 N–H and O–H groups in total. The van der Waals surface area contributed by atoms with Crippen LogP contribution in [0.3, 0.4) is 0 Å². The van der Waals surface area contributed by atoms with Crippen molar-refractivity contribution in [2.24, 2.45) is 0 Å². The second kappa shape index (κ2) is 2.86. The van der Waals surface area contributed by atoms with Crippen LogP contribution in [0.25, 0.3) is 5.82 Å². The zero-order chi connectivity index (χ0) is 8.39. The van der Waals surface area contributed by atoms with Crippen molar-refractivity contribution in [3.05, 3.63) is 29.1 Å². The van der Waals surface area contributed by atoms with Gasteiger partial charge in [-0.1, -0.05) is 0 Å². The number of carbonyl (C=O) groups is 1. The van der Waals surface area contributed by atoms with Crippen LogP contribution in [0, 0.1) is 0 Å². The third kappa shape index (κ3) is 1.14. The van der Waals surface area contributed by atoms with Crippen LogP contribution in [0.1, 0.15) is 10.5 Å². The summed E-state index contributed by atoms with van der Waals surface area (Å²) in [6.45, 7) is 0. The van der Waals surface area contributed by atoms with Crippen LogP contribution in [0.2, 0.25) is 0 Å². The summed E-state index contributed by atoms with van der Waals surface area (Å²) in [6.07, 6.45) is 3.92. The number of hydrogen-bond acceptors (Lipinski definition) is 4. The Morgan fingerprint density at radius 1 is 1.50 bits per heavy atom. The molecule has 2 rings (SSSR count). The van der Waals surface area contributed by atoms with Crippen LogP contribution in [0.4, 0.5) is 0 Å². The topological polar surface area (TPSA) is 47.8 Å². The Morgan fingerprint density at radius 3 is 3.00 bits per heavy atom. The molecule has 2 aromatic rings. The summed E-state index contributed by atoms with van der Waals surface area (Å²) in [5.41, 5.74) is 2.15. The van der Waals surface area contributed by atoms with Crippen molar-refractivity contribution < 1.29 is 4.79 Å². The number of nitrogens with zero attached hydrogens (tertiary/aromatic N) is 3. The van der Waals surface area contributed by atoms with Gasteiger partial charge in [0.25, 0.3) is 0 Å². The molecule has 0 amide bonds. The molecular weight excluding hydrogens is 174 g/mol. The Bertz CT molecular complexity index is 379. The van der Waals surface area contributed by atoms with Crippen LogP contribution in [-0.4, -0.2) is 20.8 Å². The third-order valence-electron chi connectivity index (χ3n) is 1.41. The van der Waals surface area contributed by atoms with E-state index in [1.807, 2.05) is 5.38 Å². The summed E-state index contributed by atoms with van der Waals surface area (Å²) >= 11 is 1.50. The van der Waals surface area contributed by atoms with E-state index in [0.717, 1.165) is 5.82 Å². The minimum Gasteiger partial charge on any atom is -0.296 e. The Hall–Kier alpha value is -1.49. The molecule has 0 aliphatic carbocycles.